The quantitative estimate of drug-likeness (QED) is 0.376. The zero-order chi connectivity index (χ0) is 21.8. The number of aromatic nitrogens is 1. The van der Waals surface area contributed by atoms with Crippen molar-refractivity contribution in [1.82, 2.24) is 9.88 Å². The lowest BCUT2D eigenvalue weighted by molar-refractivity contribution is 0.0376. The number of aryl methyl sites for hydroxylation is 1. The molecule has 2 heterocycles. The summed E-state index contributed by atoms with van der Waals surface area (Å²) in [6.45, 7) is 6.98. The molecule has 0 N–H and O–H groups in total. The summed E-state index contributed by atoms with van der Waals surface area (Å²) in [6.07, 6.45) is 2.90. The molecule has 0 radical (unpaired) electrons. The molecule has 4 rings (SSSR count). The summed E-state index contributed by atoms with van der Waals surface area (Å²) >= 11 is 9.48. The molecule has 1 aliphatic heterocycles. The highest BCUT2D eigenvalue weighted by molar-refractivity contribution is 7.98. The van der Waals surface area contributed by atoms with Crippen molar-refractivity contribution >= 4 is 68.4 Å². The average molecular weight is 513 g/mol. The first-order valence-electron chi connectivity index (χ1n) is 10.4. The molecule has 1 amide bonds. The largest absolute Gasteiger partial charge is 0.379 e. The molecule has 0 spiro atoms. The van der Waals surface area contributed by atoms with Gasteiger partial charge in [-0.3, -0.25) is 14.6 Å². The molecule has 2 aromatic carbocycles. The number of thioether (sulfide) groups is 1. The van der Waals surface area contributed by atoms with E-state index >= 15 is 0 Å². The monoisotopic (exact) mass is 511 g/mol. The number of halogens is 2. The lowest BCUT2D eigenvalue weighted by Crippen LogP contribution is -2.39. The summed E-state index contributed by atoms with van der Waals surface area (Å²) < 4.78 is 6.48. The van der Waals surface area contributed by atoms with Crippen molar-refractivity contribution in [2.45, 2.75) is 18.2 Å². The first-order chi connectivity index (χ1) is 15.1. The Bertz CT molecular complexity index is 1070. The number of benzene rings is 2. The molecule has 0 unspecified atom stereocenters. The highest BCUT2D eigenvalue weighted by atomic mass is 35.5. The Morgan fingerprint density at radius 3 is 2.81 bits per heavy atom. The van der Waals surface area contributed by atoms with Crippen LogP contribution >= 0.6 is 47.1 Å². The fraction of sp³-hybridized carbons (Fsp3) is 0.391. The third-order valence-electron chi connectivity index (χ3n) is 5.49. The molecule has 1 aliphatic rings. The topological polar surface area (TPSA) is 45.7 Å². The van der Waals surface area contributed by atoms with Crippen molar-refractivity contribution in [3.63, 3.8) is 0 Å². The van der Waals surface area contributed by atoms with E-state index in [1.54, 1.807) is 23.1 Å². The smallest absolute Gasteiger partial charge is 0.260 e. The van der Waals surface area contributed by atoms with Crippen molar-refractivity contribution in [2.75, 3.05) is 50.5 Å². The first kappa shape index (κ1) is 25.3. The fourth-order valence-corrected chi connectivity index (χ4v) is 5.34. The number of carbonyl (C=O) groups is 1. The van der Waals surface area contributed by atoms with Crippen molar-refractivity contribution in [1.29, 1.82) is 0 Å². The van der Waals surface area contributed by atoms with Gasteiger partial charge in [-0.2, -0.15) is 0 Å². The number of amides is 1. The van der Waals surface area contributed by atoms with Crippen LogP contribution in [0.5, 0.6) is 0 Å². The second-order valence-electron chi connectivity index (χ2n) is 7.51. The number of fused-ring (bicyclic) bond motifs is 1. The number of morpholine rings is 1. The zero-order valence-corrected chi connectivity index (χ0v) is 21.4. The Kier molecular flexibility index (Phi) is 9.22. The number of thiazole rings is 1. The van der Waals surface area contributed by atoms with E-state index < -0.39 is 0 Å². The maximum Gasteiger partial charge on any atom is 0.260 e. The normalized spacial score (nSPS) is 14.3. The molecule has 0 aliphatic carbocycles. The Morgan fingerprint density at radius 2 is 2.06 bits per heavy atom. The molecule has 1 fully saturated rings. The first-order valence-corrected chi connectivity index (χ1v) is 12.8. The van der Waals surface area contributed by atoms with Gasteiger partial charge in [-0.1, -0.05) is 29.0 Å². The number of hydrogen-bond donors (Lipinski definition) is 0. The van der Waals surface area contributed by atoms with E-state index in [2.05, 4.69) is 4.90 Å². The summed E-state index contributed by atoms with van der Waals surface area (Å²) in [4.78, 5) is 23.7. The maximum atomic E-state index is 13.5. The number of nitrogens with zero attached hydrogens (tertiary/aromatic N) is 3. The lowest BCUT2D eigenvalue weighted by Gasteiger charge is -2.27. The van der Waals surface area contributed by atoms with E-state index in [0.29, 0.717) is 17.1 Å². The molecule has 172 valence electrons. The van der Waals surface area contributed by atoms with E-state index in [4.69, 9.17) is 21.3 Å². The van der Waals surface area contributed by atoms with Gasteiger partial charge in [0.05, 0.1) is 23.4 Å². The van der Waals surface area contributed by atoms with Gasteiger partial charge < -0.3 is 4.74 Å². The van der Waals surface area contributed by atoms with E-state index in [1.807, 2.05) is 54.5 Å². The molecular weight excluding hydrogens is 485 g/mol. The predicted octanol–water partition coefficient (Wildman–Crippen LogP) is 5.77. The SMILES string of the molecule is CSc1cccc(C(=O)N(CCCN2CCOCC2)c2nc3c(C)c(Cl)ccc3s2)c1.Cl. The molecule has 0 bridgehead atoms. The Labute approximate surface area is 208 Å². The predicted molar refractivity (Wildman–Crippen MR) is 138 cm³/mol. The highest BCUT2D eigenvalue weighted by Crippen LogP contribution is 2.34. The van der Waals surface area contributed by atoms with Crippen LogP contribution in [0.4, 0.5) is 5.13 Å². The van der Waals surface area contributed by atoms with Crippen LogP contribution in [0.1, 0.15) is 22.3 Å². The van der Waals surface area contributed by atoms with Crippen LogP contribution in [0, 0.1) is 6.92 Å². The molecule has 3 aromatic rings. The van der Waals surface area contributed by atoms with E-state index in [-0.39, 0.29) is 18.3 Å². The maximum absolute atomic E-state index is 13.5. The highest BCUT2D eigenvalue weighted by Gasteiger charge is 2.23. The third kappa shape index (κ3) is 5.76. The Hall–Kier alpha value is -1.35. The van der Waals surface area contributed by atoms with Crippen LogP contribution in [-0.2, 0) is 4.74 Å². The lowest BCUT2D eigenvalue weighted by atomic mass is 10.2. The van der Waals surface area contributed by atoms with Crippen molar-refractivity contribution in [3.05, 3.63) is 52.5 Å². The zero-order valence-electron chi connectivity index (χ0n) is 18.2. The molecule has 5 nitrogen and oxygen atoms in total. The van der Waals surface area contributed by atoms with Gasteiger partial charge in [-0.15, -0.1) is 24.2 Å². The molecule has 1 saturated heterocycles. The van der Waals surface area contributed by atoms with Crippen LogP contribution in [0.2, 0.25) is 5.02 Å². The average Bonchev–Trinajstić information content (AvgIpc) is 3.24. The van der Waals surface area contributed by atoms with Gasteiger partial charge in [-0.25, -0.2) is 4.98 Å². The van der Waals surface area contributed by atoms with Gasteiger partial charge in [0.15, 0.2) is 5.13 Å². The Balaban J connectivity index is 0.00000289. The Morgan fingerprint density at radius 1 is 1.28 bits per heavy atom. The van der Waals surface area contributed by atoms with Gasteiger partial charge in [0, 0.05) is 41.7 Å². The fourth-order valence-electron chi connectivity index (χ4n) is 3.68. The molecule has 9 heteroatoms. The van der Waals surface area contributed by atoms with Crippen molar-refractivity contribution in [3.8, 4) is 0 Å². The van der Waals surface area contributed by atoms with Crippen LogP contribution < -0.4 is 4.90 Å². The second-order valence-corrected chi connectivity index (χ2v) is 9.81. The molecular formula is C23H27Cl2N3O2S2. The van der Waals surface area contributed by atoms with E-state index in [9.17, 15) is 4.79 Å². The van der Waals surface area contributed by atoms with Crippen molar-refractivity contribution in [2.24, 2.45) is 0 Å². The molecule has 0 saturated carbocycles. The number of anilines is 1. The van der Waals surface area contributed by atoms with E-state index in [0.717, 1.165) is 65.1 Å². The summed E-state index contributed by atoms with van der Waals surface area (Å²) in [5, 5.41) is 1.42. The van der Waals surface area contributed by atoms with Crippen LogP contribution in [0.15, 0.2) is 41.3 Å². The number of ether oxygens (including phenoxy) is 1. The number of rotatable bonds is 7. The molecule has 0 atom stereocenters. The minimum Gasteiger partial charge on any atom is -0.379 e. The van der Waals surface area contributed by atoms with E-state index in [1.165, 1.54) is 0 Å². The van der Waals surface area contributed by atoms with Crippen LogP contribution in [0.3, 0.4) is 0 Å². The third-order valence-corrected chi connectivity index (χ3v) is 7.67. The van der Waals surface area contributed by atoms with Gasteiger partial charge in [0.1, 0.15) is 0 Å². The van der Waals surface area contributed by atoms with Crippen molar-refractivity contribution < 1.29 is 9.53 Å². The number of hydrogen-bond acceptors (Lipinski definition) is 6. The molecule has 32 heavy (non-hydrogen) atoms. The van der Waals surface area contributed by atoms with Crippen LogP contribution in [0.25, 0.3) is 10.2 Å². The molecule has 1 aromatic heterocycles. The minimum absolute atomic E-state index is 0. The summed E-state index contributed by atoms with van der Waals surface area (Å²) in [6, 6.07) is 11.7. The standard InChI is InChI=1S/C23H26ClN3O2S2.ClH/c1-16-19(24)7-8-20-21(16)25-23(31-20)27(10-4-9-26-11-13-29-14-12-26)22(28)17-5-3-6-18(15-17)30-2;/h3,5-8,15H,4,9-14H2,1-2H3;1H. The summed E-state index contributed by atoms with van der Waals surface area (Å²) in [5.74, 6) is -0.0133. The van der Waals surface area contributed by atoms with Gasteiger partial charge in [0.25, 0.3) is 5.91 Å². The van der Waals surface area contributed by atoms with Gasteiger partial charge in [-0.05, 0) is 55.5 Å². The number of carbonyl (C=O) groups excluding carboxylic acids is 1. The second kappa shape index (κ2) is 11.7. The van der Waals surface area contributed by atoms with Gasteiger partial charge in [0.2, 0.25) is 0 Å². The van der Waals surface area contributed by atoms with Crippen LogP contribution in [-0.4, -0.2) is 61.4 Å². The summed E-state index contributed by atoms with van der Waals surface area (Å²) in [7, 11) is 0. The minimum atomic E-state index is -0.0133. The van der Waals surface area contributed by atoms with Gasteiger partial charge >= 0.3 is 0 Å². The summed E-state index contributed by atoms with van der Waals surface area (Å²) in [5.41, 5.74) is 2.51.